The third kappa shape index (κ3) is 3.69. The molecule has 0 radical (unpaired) electrons. The molecule has 124 valence electrons. The molecule has 2 heterocycles. The third-order valence-electron chi connectivity index (χ3n) is 3.54. The minimum absolute atomic E-state index is 0.164. The molecule has 1 aromatic carbocycles. The number of rotatable bonds is 5. The summed E-state index contributed by atoms with van der Waals surface area (Å²) in [4.78, 5) is 8.76. The third-order valence-corrected chi connectivity index (χ3v) is 6.04. The van der Waals surface area contributed by atoms with E-state index in [1.165, 1.54) is 11.3 Å². The standard InChI is InChI=1S/C17H17N3O2S2/c1-12-3-4-16(13(2)9-12)24(21,22)19-10-15-11-23-17(20-15)14-5-7-18-8-6-14/h3-9,11,19H,10H2,1-2H3. The molecule has 2 aromatic heterocycles. The number of aryl methyl sites for hydroxylation is 2. The van der Waals surface area contributed by atoms with Gasteiger partial charge >= 0.3 is 0 Å². The van der Waals surface area contributed by atoms with Crippen LogP contribution in [0.25, 0.3) is 10.6 Å². The molecule has 3 rings (SSSR count). The van der Waals surface area contributed by atoms with E-state index in [0.717, 1.165) is 21.7 Å². The van der Waals surface area contributed by atoms with Crippen molar-refractivity contribution in [2.24, 2.45) is 0 Å². The molecule has 0 bridgehead atoms. The van der Waals surface area contributed by atoms with Crippen LogP contribution in [-0.2, 0) is 16.6 Å². The summed E-state index contributed by atoms with van der Waals surface area (Å²) >= 11 is 1.48. The predicted octanol–water partition coefficient (Wildman–Crippen LogP) is 3.30. The Morgan fingerprint density at radius 3 is 2.58 bits per heavy atom. The van der Waals surface area contributed by atoms with Crippen molar-refractivity contribution in [2.45, 2.75) is 25.3 Å². The fraction of sp³-hybridized carbons (Fsp3) is 0.176. The van der Waals surface area contributed by atoms with Gasteiger partial charge in [0.2, 0.25) is 10.0 Å². The van der Waals surface area contributed by atoms with Crippen LogP contribution in [0.1, 0.15) is 16.8 Å². The van der Waals surface area contributed by atoms with Crippen molar-refractivity contribution in [3.63, 3.8) is 0 Å². The minimum atomic E-state index is -3.56. The lowest BCUT2D eigenvalue weighted by molar-refractivity contribution is 0.580. The van der Waals surface area contributed by atoms with Crippen LogP contribution in [0, 0.1) is 13.8 Å². The summed E-state index contributed by atoms with van der Waals surface area (Å²) < 4.78 is 27.6. The predicted molar refractivity (Wildman–Crippen MR) is 95.3 cm³/mol. The molecule has 0 saturated carbocycles. The first kappa shape index (κ1) is 16.8. The second-order valence-corrected chi connectivity index (χ2v) is 8.07. The van der Waals surface area contributed by atoms with Gasteiger partial charge in [0.05, 0.1) is 17.1 Å². The van der Waals surface area contributed by atoms with Crippen LogP contribution in [0.5, 0.6) is 0 Å². The molecule has 0 spiro atoms. The fourth-order valence-electron chi connectivity index (χ4n) is 2.36. The number of thiazole rings is 1. The van der Waals surface area contributed by atoms with Gasteiger partial charge in [-0.05, 0) is 37.6 Å². The summed E-state index contributed by atoms with van der Waals surface area (Å²) in [5.74, 6) is 0. The van der Waals surface area contributed by atoms with E-state index in [1.54, 1.807) is 31.5 Å². The number of aromatic nitrogens is 2. The fourth-order valence-corrected chi connectivity index (χ4v) is 4.41. The van der Waals surface area contributed by atoms with E-state index in [9.17, 15) is 8.42 Å². The Balaban J connectivity index is 1.75. The summed E-state index contributed by atoms with van der Waals surface area (Å²) in [6.07, 6.45) is 3.42. The van der Waals surface area contributed by atoms with E-state index in [0.29, 0.717) is 10.6 Å². The molecule has 24 heavy (non-hydrogen) atoms. The topological polar surface area (TPSA) is 72.0 Å². The number of hydrogen-bond acceptors (Lipinski definition) is 5. The van der Waals surface area contributed by atoms with Gasteiger partial charge in [-0.1, -0.05) is 17.7 Å². The molecule has 0 aliphatic heterocycles. The van der Waals surface area contributed by atoms with Gasteiger partial charge in [0.1, 0.15) is 5.01 Å². The Morgan fingerprint density at radius 2 is 1.88 bits per heavy atom. The highest BCUT2D eigenvalue weighted by atomic mass is 32.2. The van der Waals surface area contributed by atoms with Gasteiger partial charge < -0.3 is 0 Å². The maximum atomic E-state index is 12.5. The van der Waals surface area contributed by atoms with E-state index in [1.807, 2.05) is 30.5 Å². The van der Waals surface area contributed by atoms with Gasteiger partial charge in [-0.2, -0.15) is 0 Å². The van der Waals surface area contributed by atoms with Gasteiger partial charge in [0.25, 0.3) is 0 Å². The van der Waals surface area contributed by atoms with Crippen molar-refractivity contribution in [1.82, 2.24) is 14.7 Å². The lowest BCUT2D eigenvalue weighted by atomic mass is 10.2. The van der Waals surface area contributed by atoms with E-state index in [4.69, 9.17) is 0 Å². The molecule has 3 aromatic rings. The molecule has 0 unspecified atom stereocenters. The molecule has 0 amide bonds. The van der Waals surface area contributed by atoms with Gasteiger partial charge in [-0.3, -0.25) is 4.98 Å². The number of pyridine rings is 1. The van der Waals surface area contributed by atoms with Crippen molar-refractivity contribution >= 4 is 21.4 Å². The molecule has 0 aliphatic rings. The highest BCUT2D eigenvalue weighted by molar-refractivity contribution is 7.89. The van der Waals surface area contributed by atoms with E-state index < -0.39 is 10.0 Å². The van der Waals surface area contributed by atoms with Crippen molar-refractivity contribution in [1.29, 1.82) is 0 Å². The minimum Gasteiger partial charge on any atom is -0.265 e. The quantitative estimate of drug-likeness (QED) is 0.759. The average Bonchev–Trinajstić information content (AvgIpc) is 3.02. The van der Waals surface area contributed by atoms with Crippen molar-refractivity contribution < 1.29 is 8.42 Å². The normalized spacial score (nSPS) is 11.6. The van der Waals surface area contributed by atoms with Crippen LogP contribution in [0.4, 0.5) is 0 Å². The monoisotopic (exact) mass is 359 g/mol. The maximum absolute atomic E-state index is 12.5. The van der Waals surface area contributed by atoms with Crippen molar-refractivity contribution in [2.75, 3.05) is 0 Å². The lowest BCUT2D eigenvalue weighted by Gasteiger charge is -2.09. The summed E-state index contributed by atoms with van der Waals surface area (Å²) in [5.41, 5.74) is 3.44. The van der Waals surface area contributed by atoms with E-state index in [2.05, 4.69) is 14.7 Å². The Labute approximate surface area is 145 Å². The first-order valence-corrected chi connectivity index (χ1v) is 9.74. The van der Waals surface area contributed by atoms with Crippen LogP contribution in [-0.4, -0.2) is 18.4 Å². The number of nitrogens with zero attached hydrogens (tertiary/aromatic N) is 2. The van der Waals surface area contributed by atoms with Gasteiger partial charge in [0.15, 0.2) is 0 Å². The van der Waals surface area contributed by atoms with E-state index >= 15 is 0 Å². The Hall–Kier alpha value is -2.09. The maximum Gasteiger partial charge on any atom is 0.241 e. The molecular formula is C17H17N3O2S2. The van der Waals surface area contributed by atoms with Crippen LogP contribution in [0.3, 0.4) is 0 Å². The van der Waals surface area contributed by atoms with Gasteiger partial charge in [0, 0.05) is 23.3 Å². The molecule has 0 saturated heterocycles. The van der Waals surface area contributed by atoms with Crippen molar-refractivity contribution in [3.8, 4) is 10.6 Å². The number of nitrogens with one attached hydrogen (secondary N) is 1. The first-order chi connectivity index (χ1) is 11.5. The smallest absolute Gasteiger partial charge is 0.241 e. The van der Waals surface area contributed by atoms with Gasteiger partial charge in [-0.15, -0.1) is 11.3 Å². The summed E-state index contributed by atoms with van der Waals surface area (Å²) in [6, 6.07) is 9.05. The zero-order valence-corrected chi connectivity index (χ0v) is 15.0. The number of hydrogen-bond donors (Lipinski definition) is 1. The zero-order chi connectivity index (χ0) is 17.2. The first-order valence-electron chi connectivity index (χ1n) is 7.37. The molecule has 7 heteroatoms. The van der Waals surface area contributed by atoms with Gasteiger partial charge in [-0.25, -0.2) is 18.1 Å². The number of benzene rings is 1. The largest absolute Gasteiger partial charge is 0.265 e. The SMILES string of the molecule is Cc1ccc(S(=O)(=O)NCc2csc(-c3ccncc3)n2)c(C)c1. The Kier molecular flexibility index (Phi) is 4.75. The highest BCUT2D eigenvalue weighted by Gasteiger charge is 2.17. The van der Waals surface area contributed by atoms with Crippen LogP contribution >= 0.6 is 11.3 Å². The lowest BCUT2D eigenvalue weighted by Crippen LogP contribution is -2.24. The molecule has 1 N–H and O–H groups in total. The molecular weight excluding hydrogens is 342 g/mol. The Morgan fingerprint density at radius 1 is 1.12 bits per heavy atom. The summed E-state index contributed by atoms with van der Waals surface area (Å²) in [6.45, 7) is 3.90. The second-order valence-electron chi connectivity index (χ2n) is 5.47. The Bertz CT molecular complexity index is 951. The average molecular weight is 359 g/mol. The second kappa shape index (κ2) is 6.80. The molecule has 5 nitrogen and oxygen atoms in total. The zero-order valence-electron chi connectivity index (χ0n) is 13.4. The highest BCUT2D eigenvalue weighted by Crippen LogP contribution is 2.23. The van der Waals surface area contributed by atoms with Crippen molar-refractivity contribution in [3.05, 3.63) is 64.9 Å². The van der Waals surface area contributed by atoms with Crippen LogP contribution < -0.4 is 4.72 Å². The van der Waals surface area contributed by atoms with E-state index in [-0.39, 0.29) is 6.54 Å². The molecule has 0 atom stereocenters. The number of sulfonamides is 1. The summed E-state index contributed by atoms with van der Waals surface area (Å²) in [5, 5.41) is 2.71. The summed E-state index contributed by atoms with van der Waals surface area (Å²) in [7, 11) is -3.56. The van der Waals surface area contributed by atoms with Crippen LogP contribution in [0.2, 0.25) is 0 Å². The molecule has 0 fully saturated rings. The van der Waals surface area contributed by atoms with Crippen LogP contribution in [0.15, 0.2) is 53.0 Å². The molecule has 0 aliphatic carbocycles.